The zero-order valence-corrected chi connectivity index (χ0v) is 16.2. The maximum Gasteiger partial charge on any atom is 0.219 e. The number of likely N-dealkylation sites (tertiary alicyclic amines) is 2. The van der Waals surface area contributed by atoms with E-state index in [1.54, 1.807) is 14.0 Å². The van der Waals surface area contributed by atoms with E-state index in [9.17, 15) is 4.79 Å². The number of hydrogen-bond donors (Lipinski definition) is 0. The van der Waals surface area contributed by atoms with Gasteiger partial charge in [0, 0.05) is 39.6 Å². The maximum absolute atomic E-state index is 11.9. The molecule has 4 heteroatoms. The van der Waals surface area contributed by atoms with Crippen molar-refractivity contribution in [2.75, 3.05) is 39.9 Å². The van der Waals surface area contributed by atoms with Gasteiger partial charge in [-0.05, 0) is 56.3 Å². The molecule has 1 atom stereocenters. The number of piperidine rings is 1. The summed E-state index contributed by atoms with van der Waals surface area (Å²) >= 11 is 0. The van der Waals surface area contributed by atoms with E-state index in [4.69, 9.17) is 4.74 Å². The molecule has 1 unspecified atom stereocenters. The lowest BCUT2D eigenvalue weighted by atomic mass is 9.71. The Hall–Kier alpha value is -1.39. The van der Waals surface area contributed by atoms with Crippen molar-refractivity contribution >= 4 is 5.91 Å². The molecule has 3 rings (SSSR count). The molecule has 2 aliphatic rings. The van der Waals surface area contributed by atoms with Gasteiger partial charge < -0.3 is 9.64 Å². The molecular weight excluding hydrogens is 312 g/mol. The first kappa shape index (κ1) is 18.4. The Morgan fingerprint density at radius 1 is 1.28 bits per heavy atom. The number of carbonyl (C=O) groups excluding carboxylic acids is 1. The van der Waals surface area contributed by atoms with E-state index in [0.717, 1.165) is 52.2 Å². The number of hydrogen-bond acceptors (Lipinski definition) is 3. The Bertz CT molecular complexity index is 620. The van der Waals surface area contributed by atoms with E-state index >= 15 is 0 Å². The molecule has 2 saturated heterocycles. The summed E-state index contributed by atoms with van der Waals surface area (Å²) in [6, 6.07) is 6.74. The van der Waals surface area contributed by atoms with E-state index in [-0.39, 0.29) is 11.3 Å². The quantitative estimate of drug-likeness (QED) is 0.842. The molecular formula is C21H32N2O2. The van der Waals surface area contributed by atoms with E-state index in [2.05, 4.69) is 36.9 Å². The van der Waals surface area contributed by atoms with E-state index < -0.39 is 0 Å². The number of benzene rings is 1. The van der Waals surface area contributed by atoms with Gasteiger partial charge in [-0.25, -0.2) is 0 Å². The highest BCUT2D eigenvalue weighted by Crippen LogP contribution is 2.45. The van der Waals surface area contributed by atoms with Gasteiger partial charge in [-0.15, -0.1) is 0 Å². The summed E-state index contributed by atoms with van der Waals surface area (Å²) in [4.78, 5) is 16.5. The lowest BCUT2D eigenvalue weighted by Crippen LogP contribution is -2.45. The lowest BCUT2D eigenvalue weighted by Gasteiger charge is -2.42. The molecule has 25 heavy (non-hydrogen) atoms. The third-order valence-corrected chi connectivity index (χ3v) is 6.38. The molecule has 2 fully saturated rings. The van der Waals surface area contributed by atoms with Crippen LogP contribution in [-0.2, 0) is 16.1 Å². The minimum Gasteiger partial charge on any atom is -0.384 e. The van der Waals surface area contributed by atoms with Crippen molar-refractivity contribution in [2.24, 2.45) is 11.3 Å². The van der Waals surface area contributed by atoms with Crippen molar-refractivity contribution in [1.82, 2.24) is 9.80 Å². The average Bonchev–Trinajstić information content (AvgIpc) is 2.92. The van der Waals surface area contributed by atoms with E-state index in [1.807, 2.05) is 4.90 Å². The van der Waals surface area contributed by atoms with Crippen LogP contribution in [0, 0.1) is 25.2 Å². The van der Waals surface area contributed by atoms with Gasteiger partial charge in [-0.3, -0.25) is 9.69 Å². The second kappa shape index (κ2) is 7.46. The summed E-state index contributed by atoms with van der Waals surface area (Å²) in [7, 11) is 1.78. The Morgan fingerprint density at radius 3 is 2.64 bits per heavy atom. The third kappa shape index (κ3) is 3.90. The predicted octanol–water partition coefficient (Wildman–Crippen LogP) is 3.01. The molecule has 2 aliphatic heterocycles. The third-order valence-electron chi connectivity index (χ3n) is 6.38. The van der Waals surface area contributed by atoms with Crippen LogP contribution in [0.2, 0.25) is 0 Å². The van der Waals surface area contributed by atoms with Crippen LogP contribution in [0.25, 0.3) is 0 Å². The molecule has 0 bridgehead atoms. The smallest absolute Gasteiger partial charge is 0.219 e. The number of rotatable bonds is 4. The van der Waals surface area contributed by atoms with Gasteiger partial charge in [-0.1, -0.05) is 23.8 Å². The molecule has 138 valence electrons. The molecule has 0 radical (unpaired) electrons. The monoisotopic (exact) mass is 344 g/mol. The average molecular weight is 344 g/mol. The largest absolute Gasteiger partial charge is 0.384 e. The molecule has 0 saturated carbocycles. The highest BCUT2D eigenvalue weighted by molar-refractivity contribution is 5.73. The number of methoxy groups -OCH3 is 1. The van der Waals surface area contributed by atoms with Crippen molar-refractivity contribution in [3.8, 4) is 0 Å². The summed E-state index contributed by atoms with van der Waals surface area (Å²) in [5, 5.41) is 0. The molecule has 1 spiro atoms. The van der Waals surface area contributed by atoms with Crippen LogP contribution in [-0.4, -0.2) is 55.6 Å². The molecule has 0 N–H and O–H groups in total. The summed E-state index contributed by atoms with van der Waals surface area (Å²) < 4.78 is 5.48. The van der Waals surface area contributed by atoms with Crippen molar-refractivity contribution in [3.63, 3.8) is 0 Å². The zero-order chi connectivity index (χ0) is 18.0. The Kier molecular flexibility index (Phi) is 5.49. The highest BCUT2D eigenvalue weighted by atomic mass is 16.5. The van der Waals surface area contributed by atoms with Crippen LogP contribution in [0.4, 0.5) is 0 Å². The van der Waals surface area contributed by atoms with Crippen LogP contribution in [0.3, 0.4) is 0 Å². The summed E-state index contributed by atoms with van der Waals surface area (Å²) in [6.07, 6.45) is 2.32. The number of amides is 1. The Labute approximate surface area is 152 Å². The number of carbonyl (C=O) groups is 1. The van der Waals surface area contributed by atoms with Crippen molar-refractivity contribution in [2.45, 2.75) is 40.2 Å². The fourth-order valence-corrected chi connectivity index (χ4v) is 4.64. The van der Waals surface area contributed by atoms with Crippen LogP contribution in [0.1, 0.15) is 36.5 Å². The van der Waals surface area contributed by atoms with Crippen LogP contribution < -0.4 is 0 Å². The molecule has 0 aromatic heterocycles. The van der Waals surface area contributed by atoms with Gasteiger partial charge in [0.05, 0.1) is 6.61 Å². The number of nitrogens with zero attached hydrogens (tertiary/aromatic N) is 2. The molecule has 1 aromatic carbocycles. The first-order valence-corrected chi connectivity index (χ1v) is 9.46. The Morgan fingerprint density at radius 2 is 2.00 bits per heavy atom. The van der Waals surface area contributed by atoms with E-state index in [1.165, 1.54) is 16.7 Å². The van der Waals surface area contributed by atoms with Gasteiger partial charge in [0.15, 0.2) is 0 Å². The van der Waals surface area contributed by atoms with Crippen LogP contribution in [0.5, 0.6) is 0 Å². The number of aryl methyl sites for hydroxylation is 2. The van der Waals surface area contributed by atoms with Crippen LogP contribution >= 0.6 is 0 Å². The standard InChI is InChI=1S/C21H32N2O2/c1-16-5-6-17(2)19(11-16)12-22-9-7-21(8-10-22)15-23(18(3)24)13-20(21)14-25-4/h5-6,11,20H,7-10,12-15H2,1-4H3. The topological polar surface area (TPSA) is 32.8 Å². The van der Waals surface area contributed by atoms with Gasteiger partial charge in [0.2, 0.25) is 5.91 Å². The summed E-state index contributed by atoms with van der Waals surface area (Å²) in [5.74, 6) is 0.681. The normalized spacial score (nSPS) is 23.4. The highest BCUT2D eigenvalue weighted by Gasteiger charge is 2.48. The molecule has 1 amide bonds. The van der Waals surface area contributed by atoms with Gasteiger partial charge in [-0.2, -0.15) is 0 Å². The second-order valence-corrected chi connectivity index (χ2v) is 8.12. The lowest BCUT2D eigenvalue weighted by molar-refractivity contribution is -0.128. The minimum atomic E-state index is 0.204. The fourth-order valence-electron chi connectivity index (χ4n) is 4.64. The SMILES string of the molecule is COCC1CN(C(C)=O)CC12CCN(Cc1cc(C)ccc1C)CC2. The molecule has 0 aliphatic carbocycles. The second-order valence-electron chi connectivity index (χ2n) is 8.12. The predicted molar refractivity (Wildman–Crippen MR) is 100 cm³/mol. The summed E-state index contributed by atoms with van der Waals surface area (Å²) in [6.45, 7) is 11.9. The van der Waals surface area contributed by atoms with Crippen molar-refractivity contribution in [3.05, 3.63) is 34.9 Å². The molecule has 2 heterocycles. The van der Waals surface area contributed by atoms with Gasteiger partial charge in [0.25, 0.3) is 0 Å². The number of ether oxygens (including phenoxy) is 1. The minimum absolute atomic E-state index is 0.204. The fraction of sp³-hybridized carbons (Fsp3) is 0.667. The van der Waals surface area contributed by atoms with E-state index in [0.29, 0.717) is 5.92 Å². The maximum atomic E-state index is 11.9. The first-order chi connectivity index (χ1) is 11.9. The van der Waals surface area contributed by atoms with Crippen LogP contribution in [0.15, 0.2) is 18.2 Å². The van der Waals surface area contributed by atoms with Crippen molar-refractivity contribution in [1.29, 1.82) is 0 Å². The van der Waals surface area contributed by atoms with Gasteiger partial charge >= 0.3 is 0 Å². The molecule has 4 nitrogen and oxygen atoms in total. The van der Waals surface area contributed by atoms with Crippen molar-refractivity contribution < 1.29 is 9.53 Å². The molecule has 1 aromatic rings. The van der Waals surface area contributed by atoms with Gasteiger partial charge in [0.1, 0.15) is 0 Å². The Balaban J connectivity index is 1.65. The first-order valence-electron chi connectivity index (χ1n) is 9.46. The summed E-state index contributed by atoms with van der Waals surface area (Å²) in [5.41, 5.74) is 4.41. The zero-order valence-electron chi connectivity index (χ0n) is 16.2.